The molecule has 1 heterocycles. The molecule has 0 amide bonds. The number of aliphatic carboxylic acids is 1. The highest BCUT2D eigenvalue weighted by Crippen LogP contribution is 2.40. The van der Waals surface area contributed by atoms with Crippen LogP contribution in [0.2, 0.25) is 0 Å². The Hall–Kier alpha value is -0.900. The normalized spacial score (nSPS) is 36.9. The number of hydrogen-bond acceptors (Lipinski definition) is 3. The highest BCUT2D eigenvalue weighted by Gasteiger charge is 2.52. The van der Waals surface area contributed by atoms with Crippen molar-refractivity contribution in [1.82, 2.24) is 0 Å². The van der Waals surface area contributed by atoms with Crippen LogP contribution in [0.5, 0.6) is 0 Å². The summed E-state index contributed by atoms with van der Waals surface area (Å²) in [5, 5.41) is 8.49. The molecule has 1 saturated heterocycles. The largest absolute Gasteiger partial charge is 0.481 e. The minimum Gasteiger partial charge on any atom is -0.481 e. The number of carboxylic acids is 1. The number of carbonyl (C=O) groups excluding carboxylic acids is 1. The van der Waals surface area contributed by atoms with Gasteiger partial charge in [0.1, 0.15) is 6.10 Å². The zero-order valence-electron chi connectivity index (χ0n) is 7.23. The molecular formula is C9H12O4. The molecule has 0 aromatic carbocycles. The molecule has 2 fully saturated rings. The fourth-order valence-corrected chi connectivity index (χ4v) is 1.99. The summed E-state index contributed by atoms with van der Waals surface area (Å²) in [4.78, 5) is 21.4. The third-order valence-electron chi connectivity index (χ3n) is 2.80. The molecule has 2 aliphatic rings. The molecule has 0 unspecified atom stereocenters. The van der Waals surface area contributed by atoms with E-state index in [1.807, 2.05) is 0 Å². The molecule has 4 nitrogen and oxygen atoms in total. The van der Waals surface area contributed by atoms with E-state index in [9.17, 15) is 9.59 Å². The van der Waals surface area contributed by atoms with E-state index in [-0.39, 0.29) is 24.4 Å². The lowest BCUT2D eigenvalue weighted by molar-refractivity contribution is -0.137. The van der Waals surface area contributed by atoms with Crippen LogP contribution in [0, 0.1) is 5.92 Å². The first kappa shape index (κ1) is 8.69. The lowest BCUT2D eigenvalue weighted by Crippen LogP contribution is -2.24. The Balaban J connectivity index is 1.82. The van der Waals surface area contributed by atoms with E-state index >= 15 is 0 Å². The van der Waals surface area contributed by atoms with Gasteiger partial charge in [-0.15, -0.1) is 0 Å². The van der Waals surface area contributed by atoms with Crippen molar-refractivity contribution in [1.29, 1.82) is 0 Å². The van der Waals surface area contributed by atoms with E-state index in [1.54, 1.807) is 0 Å². The Bertz CT molecular complexity index is 248. The Morgan fingerprint density at radius 2 is 2.38 bits per heavy atom. The molecule has 1 aliphatic heterocycles. The van der Waals surface area contributed by atoms with Crippen LogP contribution < -0.4 is 0 Å². The molecule has 4 heteroatoms. The standard InChI is InChI=1S/C9H12O4/c10-6-3-1-5(2-4-7(11)12)8-9(6)13-8/h5,8-9H,1-4H2,(H,11,12)/t5-,8+,9-/m0/s1. The number of epoxide rings is 1. The van der Waals surface area contributed by atoms with Crippen molar-refractivity contribution in [3.8, 4) is 0 Å². The van der Waals surface area contributed by atoms with Gasteiger partial charge in [-0.1, -0.05) is 0 Å². The van der Waals surface area contributed by atoms with E-state index in [2.05, 4.69) is 0 Å². The molecule has 0 aromatic rings. The SMILES string of the molecule is O=C(O)CC[C@@H]1CCC(=O)[C@@H]2O[C@H]12. The van der Waals surface area contributed by atoms with E-state index in [4.69, 9.17) is 9.84 Å². The number of carboxylic acid groups (broad SMARTS) is 1. The maximum atomic E-state index is 11.1. The maximum Gasteiger partial charge on any atom is 0.303 e. The lowest BCUT2D eigenvalue weighted by Gasteiger charge is -2.15. The van der Waals surface area contributed by atoms with Crippen LogP contribution in [-0.4, -0.2) is 29.1 Å². The molecular weight excluding hydrogens is 172 g/mol. The Kier molecular flexibility index (Phi) is 2.07. The van der Waals surface area contributed by atoms with Crippen molar-refractivity contribution in [2.24, 2.45) is 5.92 Å². The number of fused-ring (bicyclic) bond motifs is 1. The number of carbonyl (C=O) groups is 2. The molecule has 0 radical (unpaired) electrons. The molecule has 0 bridgehead atoms. The Morgan fingerprint density at radius 1 is 1.62 bits per heavy atom. The average Bonchev–Trinajstić information content (AvgIpc) is 2.83. The zero-order valence-corrected chi connectivity index (χ0v) is 7.23. The van der Waals surface area contributed by atoms with Crippen molar-refractivity contribution in [2.75, 3.05) is 0 Å². The maximum absolute atomic E-state index is 11.1. The van der Waals surface area contributed by atoms with Gasteiger partial charge in [-0.25, -0.2) is 0 Å². The van der Waals surface area contributed by atoms with Crippen LogP contribution in [0.3, 0.4) is 0 Å². The minimum absolute atomic E-state index is 0.0422. The van der Waals surface area contributed by atoms with Crippen LogP contribution >= 0.6 is 0 Å². The smallest absolute Gasteiger partial charge is 0.303 e. The van der Waals surface area contributed by atoms with E-state index in [0.717, 1.165) is 6.42 Å². The third-order valence-corrected chi connectivity index (χ3v) is 2.80. The number of ketones is 1. The van der Waals surface area contributed by atoms with Crippen molar-refractivity contribution < 1.29 is 19.4 Å². The topological polar surface area (TPSA) is 66.9 Å². The molecule has 0 aromatic heterocycles. The predicted octanol–water partition coefficient (Wildman–Crippen LogP) is 0.598. The fourth-order valence-electron chi connectivity index (χ4n) is 1.99. The summed E-state index contributed by atoms with van der Waals surface area (Å²) in [7, 11) is 0. The second kappa shape index (κ2) is 3.10. The van der Waals surface area contributed by atoms with Crippen molar-refractivity contribution in [3.63, 3.8) is 0 Å². The first-order valence-corrected chi connectivity index (χ1v) is 4.58. The number of ether oxygens (including phenoxy) is 1. The summed E-state index contributed by atoms with van der Waals surface area (Å²) in [6.45, 7) is 0. The van der Waals surface area contributed by atoms with Crippen LogP contribution in [-0.2, 0) is 14.3 Å². The molecule has 13 heavy (non-hydrogen) atoms. The average molecular weight is 184 g/mol. The highest BCUT2D eigenvalue weighted by atomic mass is 16.6. The number of Topliss-reactive ketones (excluding diaryl/α,β-unsaturated/α-hetero) is 1. The predicted molar refractivity (Wildman–Crippen MR) is 43.3 cm³/mol. The molecule has 1 saturated carbocycles. The van der Waals surface area contributed by atoms with Crippen molar-refractivity contribution in [2.45, 2.75) is 37.9 Å². The van der Waals surface area contributed by atoms with Crippen LogP contribution in [0.15, 0.2) is 0 Å². The van der Waals surface area contributed by atoms with Gasteiger partial charge in [-0.2, -0.15) is 0 Å². The molecule has 1 aliphatic carbocycles. The molecule has 1 N–H and O–H groups in total. The molecule has 72 valence electrons. The van der Waals surface area contributed by atoms with E-state index in [1.165, 1.54) is 0 Å². The number of hydrogen-bond donors (Lipinski definition) is 1. The summed E-state index contributed by atoms with van der Waals surface area (Å²) in [6, 6.07) is 0. The van der Waals surface area contributed by atoms with Crippen molar-refractivity contribution >= 4 is 11.8 Å². The second-order valence-corrected chi connectivity index (χ2v) is 3.72. The van der Waals surface area contributed by atoms with Gasteiger partial charge < -0.3 is 9.84 Å². The Labute approximate surface area is 75.9 Å². The molecule has 0 spiro atoms. The van der Waals surface area contributed by atoms with Gasteiger partial charge in [0.15, 0.2) is 5.78 Å². The molecule has 2 rings (SSSR count). The van der Waals surface area contributed by atoms with Crippen LogP contribution in [0.1, 0.15) is 25.7 Å². The van der Waals surface area contributed by atoms with Gasteiger partial charge in [0, 0.05) is 12.8 Å². The fraction of sp³-hybridized carbons (Fsp3) is 0.778. The van der Waals surface area contributed by atoms with Gasteiger partial charge in [0.25, 0.3) is 0 Å². The molecule has 3 atom stereocenters. The summed E-state index contributed by atoms with van der Waals surface area (Å²) in [5.41, 5.74) is 0. The first-order valence-electron chi connectivity index (χ1n) is 4.58. The minimum atomic E-state index is -0.769. The highest BCUT2D eigenvalue weighted by molar-refractivity contribution is 5.86. The van der Waals surface area contributed by atoms with Gasteiger partial charge in [0.05, 0.1) is 6.10 Å². The summed E-state index contributed by atoms with van der Waals surface area (Å²) in [5.74, 6) is -0.288. The monoisotopic (exact) mass is 184 g/mol. The van der Waals surface area contributed by atoms with E-state index in [0.29, 0.717) is 18.8 Å². The van der Waals surface area contributed by atoms with E-state index < -0.39 is 5.97 Å². The summed E-state index contributed by atoms with van der Waals surface area (Å²) < 4.78 is 5.19. The summed E-state index contributed by atoms with van der Waals surface area (Å²) in [6.07, 6.45) is 2.04. The zero-order chi connectivity index (χ0) is 9.42. The quantitative estimate of drug-likeness (QED) is 0.652. The van der Waals surface area contributed by atoms with Gasteiger partial charge in [-0.3, -0.25) is 9.59 Å². The van der Waals surface area contributed by atoms with Gasteiger partial charge in [-0.05, 0) is 18.8 Å². The lowest BCUT2D eigenvalue weighted by atomic mass is 9.85. The second-order valence-electron chi connectivity index (χ2n) is 3.72. The van der Waals surface area contributed by atoms with Crippen LogP contribution in [0.25, 0.3) is 0 Å². The van der Waals surface area contributed by atoms with Crippen LogP contribution in [0.4, 0.5) is 0 Å². The first-order chi connectivity index (χ1) is 6.18. The third kappa shape index (κ3) is 1.72. The number of rotatable bonds is 3. The van der Waals surface area contributed by atoms with Crippen molar-refractivity contribution in [3.05, 3.63) is 0 Å². The Morgan fingerprint density at radius 3 is 3.08 bits per heavy atom. The summed E-state index contributed by atoms with van der Waals surface area (Å²) >= 11 is 0. The van der Waals surface area contributed by atoms with Gasteiger partial charge in [0.2, 0.25) is 0 Å². The van der Waals surface area contributed by atoms with Gasteiger partial charge >= 0.3 is 5.97 Å².